The molecule has 0 saturated carbocycles. The Kier molecular flexibility index (Phi) is 4.07. The Bertz CT molecular complexity index is 272. The van der Waals surface area contributed by atoms with Gasteiger partial charge in [-0.15, -0.1) is 4.90 Å². The maximum atomic E-state index is 10.9. The number of hydrogen-bond acceptors (Lipinski definition) is 4. The standard InChI is InChI=1S/C6H8N2O6/c7-3(9)1-2-4(10)8(5(11)12)6(13)14/h1-2H2,(H2,7,9)(H,11,12)(H,13,14). The van der Waals surface area contributed by atoms with Gasteiger partial charge >= 0.3 is 12.2 Å². The average Bonchev–Trinajstić information content (AvgIpc) is 1.99. The summed E-state index contributed by atoms with van der Waals surface area (Å²) in [6.45, 7) is 0. The van der Waals surface area contributed by atoms with Gasteiger partial charge in [-0.3, -0.25) is 9.59 Å². The second-order valence-electron chi connectivity index (χ2n) is 2.26. The molecule has 0 bridgehead atoms. The molecule has 0 aromatic carbocycles. The third-order valence-electron chi connectivity index (χ3n) is 1.22. The minimum Gasteiger partial charge on any atom is -0.464 e. The van der Waals surface area contributed by atoms with E-state index in [4.69, 9.17) is 10.2 Å². The molecule has 0 unspecified atom stereocenters. The van der Waals surface area contributed by atoms with Crippen LogP contribution in [0.3, 0.4) is 0 Å². The van der Waals surface area contributed by atoms with Crippen LogP contribution in [0.25, 0.3) is 0 Å². The molecule has 0 saturated heterocycles. The van der Waals surface area contributed by atoms with Gasteiger partial charge in [-0.1, -0.05) is 0 Å². The number of nitrogens with zero attached hydrogens (tertiary/aromatic N) is 1. The molecular formula is C6H8N2O6. The van der Waals surface area contributed by atoms with E-state index in [0.717, 1.165) is 0 Å². The molecule has 0 spiro atoms. The van der Waals surface area contributed by atoms with Gasteiger partial charge in [-0.05, 0) is 0 Å². The molecule has 0 aliphatic rings. The zero-order chi connectivity index (χ0) is 11.3. The van der Waals surface area contributed by atoms with Crippen molar-refractivity contribution >= 4 is 24.0 Å². The molecule has 4 N–H and O–H groups in total. The van der Waals surface area contributed by atoms with E-state index < -0.39 is 41.7 Å². The van der Waals surface area contributed by atoms with Gasteiger partial charge in [-0.25, -0.2) is 9.59 Å². The smallest absolute Gasteiger partial charge is 0.423 e. The molecule has 8 heteroatoms. The first-order valence-electron chi connectivity index (χ1n) is 3.43. The lowest BCUT2D eigenvalue weighted by Gasteiger charge is -2.10. The predicted molar refractivity (Wildman–Crippen MR) is 41.3 cm³/mol. The molecule has 0 rings (SSSR count). The highest BCUT2D eigenvalue weighted by Gasteiger charge is 2.27. The first-order chi connectivity index (χ1) is 6.36. The molecule has 0 aromatic heterocycles. The number of hydrogen-bond donors (Lipinski definition) is 3. The van der Waals surface area contributed by atoms with Gasteiger partial charge in [0.1, 0.15) is 0 Å². The Balaban J connectivity index is 4.39. The second kappa shape index (κ2) is 4.80. The van der Waals surface area contributed by atoms with Crippen molar-refractivity contribution in [2.24, 2.45) is 5.73 Å². The summed E-state index contributed by atoms with van der Waals surface area (Å²) in [4.78, 5) is 41.2. The molecule has 0 atom stereocenters. The molecule has 8 nitrogen and oxygen atoms in total. The van der Waals surface area contributed by atoms with Gasteiger partial charge in [0, 0.05) is 12.8 Å². The molecule has 78 valence electrons. The largest absolute Gasteiger partial charge is 0.464 e. The zero-order valence-corrected chi connectivity index (χ0v) is 6.97. The molecule has 0 aliphatic heterocycles. The Morgan fingerprint density at radius 1 is 1.00 bits per heavy atom. The molecule has 14 heavy (non-hydrogen) atoms. The number of nitrogens with two attached hydrogens (primary N) is 1. The van der Waals surface area contributed by atoms with E-state index in [2.05, 4.69) is 5.73 Å². The monoisotopic (exact) mass is 204 g/mol. The molecule has 4 amide bonds. The van der Waals surface area contributed by atoms with Crippen molar-refractivity contribution < 1.29 is 29.4 Å². The van der Waals surface area contributed by atoms with Crippen LogP contribution in [0.1, 0.15) is 12.8 Å². The van der Waals surface area contributed by atoms with Gasteiger partial charge in [0.2, 0.25) is 11.8 Å². The van der Waals surface area contributed by atoms with Crippen LogP contribution in [0.4, 0.5) is 9.59 Å². The van der Waals surface area contributed by atoms with Gasteiger partial charge in [-0.2, -0.15) is 0 Å². The number of primary amides is 1. The van der Waals surface area contributed by atoms with E-state index in [9.17, 15) is 19.2 Å². The van der Waals surface area contributed by atoms with Crippen molar-refractivity contribution in [2.75, 3.05) is 0 Å². The summed E-state index contributed by atoms with van der Waals surface area (Å²) in [6, 6.07) is 0. The van der Waals surface area contributed by atoms with Crippen LogP contribution < -0.4 is 5.73 Å². The summed E-state index contributed by atoms with van der Waals surface area (Å²) >= 11 is 0. The summed E-state index contributed by atoms with van der Waals surface area (Å²) in [5.41, 5.74) is 4.69. The first-order valence-corrected chi connectivity index (χ1v) is 3.43. The van der Waals surface area contributed by atoms with E-state index in [0.29, 0.717) is 0 Å². The Labute approximate surface area is 77.9 Å². The van der Waals surface area contributed by atoms with Crippen LogP contribution in [0.5, 0.6) is 0 Å². The predicted octanol–water partition coefficient (Wildman–Crippen LogP) is -0.564. The zero-order valence-electron chi connectivity index (χ0n) is 6.97. The van der Waals surface area contributed by atoms with Crippen molar-refractivity contribution in [1.82, 2.24) is 4.90 Å². The summed E-state index contributed by atoms with van der Waals surface area (Å²) in [6.07, 6.45) is -4.76. The topological polar surface area (TPSA) is 138 Å². The van der Waals surface area contributed by atoms with Crippen molar-refractivity contribution in [3.05, 3.63) is 0 Å². The summed E-state index contributed by atoms with van der Waals surface area (Å²) in [7, 11) is 0. The van der Waals surface area contributed by atoms with E-state index in [1.807, 2.05) is 0 Å². The fourth-order valence-electron chi connectivity index (χ4n) is 0.637. The van der Waals surface area contributed by atoms with Gasteiger partial charge in [0.15, 0.2) is 0 Å². The van der Waals surface area contributed by atoms with Gasteiger partial charge in [0.05, 0.1) is 0 Å². The van der Waals surface area contributed by atoms with Gasteiger partial charge in [0.25, 0.3) is 0 Å². The van der Waals surface area contributed by atoms with Crippen molar-refractivity contribution in [2.45, 2.75) is 12.8 Å². The minimum absolute atomic E-state index is 0.393. The van der Waals surface area contributed by atoms with Crippen molar-refractivity contribution in [3.8, 4) is 0 Å². The molecule has 0 aliphatic carbocycles. The Morgan fingerprint density at radius 2 is 1.43 bits per heavy atom. The average molecular weight is 204 g/mol. The summed E-state index contributed by atoms with van der Waals surface area (Å²) < 4.78 is 0. The highest BCUT2D eigenvalue weighted by Crippen LogP contribution is 1.99. The van der Waals surface area contributed by atoms with Crippen LogP contribution in [-0.2, 0) is 9.59 Å². The fourth-order valence-corrected chi connectivity index (χ4v) is 0.637. The van der Waals surface area contributed by atoms with Crippen LogP contribution in [-0.4, -0.2) is 39.1 Å². The van der Waals surface area contributed by atoms with E-state index in [1.165, 1.54) is 0 Å². The van der Waals surface area contributed by atoms with E-state index >= 15 is 0 Å². The van der Waals surface area contributed by atoms with Crippen molar-refractivity contribution in [1.29, 1.82) is 0 Å². The lowest BCUT2D eigenvalue weighted by Crippen LogP contribution is -2.40. The lowest BCUT2D eigenvalue weighted by atomic mass is 10.3. The number of carbonyl (C=O) groups excluding carboxylic acids is 2. The van der Waals surface area contributed by atoms with Crippen LogP contribution in [0.15, 0.2) is 0 Å². The number of amides is 4. The molecule has 0 radical (unpaired) electrons. The molecule has 0 aromatic rings. The SMILES string of the molecule is NC(=O)CCC(=O)N(C(=O)O)C(=O)O. The Hall–Kier alpha value is -2.12. The minimum atomic E-state index is -1.91. The van der Waals surface area contributed by atoms with E-state index in [1.54, 1.807) is 0 Å². The Morgan fingerprint density at radius 3 is 1.71 bits per heavy atom. The normalized spacial score (nSPS) is 9.14. The second-order valence-corrected chi connectivity index (χ2v) is 2.26. The first kappa shape index (κ1) is 11.9. The maximum absolute atomic E-state index is 10.9. The van der Waals surface area contributed by atoms with Crippen LogP contribution in [0, 0.1) is 0 Å². The number of carboxylic acid groups (broad SMARTS) is 2. The highest BCUT2D eigenvalue weighted by molar-refractivity contribution is 6.05. The van der Waals surface area contributed by atoms with Crippen LogP contribution >= 0.6 is 0 Å². The van der Waals surface area contributed by atoms with Gasteiger partial charge < -0.3 is 15.9 Å². The lowest BCUT2D eigenvalue weighted by molar-refractivity contribution is -0.129. The van der Waals surface area contributed by atoms with E-state index in [-0.39, 0.29) is 0 Å². The fraction of sp³-hybridized carbons (Fsp3) is 0.333. The number of imide groups is 3. The molecule has 0 fully saturated rings. The molecular weight excluding hydrogens is 196 g/mol. The quantitative estimate of drug-likeness (QED) is 0.563. The third kappa shape index (κ3) is 3.52. The summed E-state index contributed by atoms with van der Waals surface area (Å²) in [5, 5.41) is 16.6. The third-order valence-corrected chi connectivity index (χ3v) is 1.22. The van der Waals surface area contributed by atoms with Crippen LogP contribution in [0.2, 0.25) is 0 Å². The number of carbonyl (C=O) groups is 4. The summed E-state index contributed by atoms with van der Waals surface area (Å²) in [5.74, 6) is -2.02. The highest BCUT2D eigenvalue weighted by atomic mass is 16.4. The maximum Gasteiger partial charge on any atom is 0.423 e. The van der Waals surface area contributed by atoms with Crippen molar-refractivity contribution in [3.63, 3.8) is 0 Å². The number of rotatable bonds is 3. The molecule has 0 heterocycles.